The van der Waals surface area contributed by atoms with E-state index in [1.54, 1.807) is 11.3 Å². The van der Waals surface area contributed by atoms with Gasteiger partial charge in [0.1, 0.15) is 0 Å². The first-order valence-corrected chi connectivity index (χ1v) is 13.0. The average molecular weight is 447 g/mol. The lowest BCUT2D eigenvalue weighted by Crippen LogP contribution is -2.46. The molecule has 1 amide bonds. The van der Waals surface area contributed by atoms with Gasteiger partial charge in [0.05, 0.1) is 10.1 Å². The molecular weight excluding hydrogens is 412 g/mol. The molecule has 2 aromatic heterocycles. The van der Waals surface area contributed by atoms with Crippen LogP contribution in [0.2, 0.25) is 0 Å². The number of rotatable bonds is 8. The van der Waals surface area contributed by atoms with E-state index < -0.39 is 0 Å². The van der Waals surface area contributed by atoms with E-state index in [4.69, 9.17) is 0 Å². The molecule has 0 radical (unpaired) electrons. The number of aromatic nitrogens is 3. The second-order valence-electron chi connectivity index (χ2n) is 9.72. The third-order valence-electron chi connectivity index (χ3n) is 7.22. The van der Waals surface area contributed by atoms with Crippen LogP contribution in [0.1, 0.15) is 72.8 Å². The first-order chi connectivity index (χ1) is 14.3. The standard InChI is InChI=1S/C23H34N4OS2/c1-6-23(4,5)24-21(28)15(3)30-22-26-25-20(19-8-7-11-29-19)27(22)14(2)18-13-16-9-10-17(18)12-16/h7-8,11,14-18H,6,9-10,12-13H2,1-5H3,(H,24,28). The summed E-state index contributed by atoms with van der Waals surface area (Å²) in [6.45, 7) is 10.5. The summed E-state index contributed by atoms with van der Waals surface area (Å²) in [7, 11) is 0. The molecule has 0 saturated heterocycles. The van der Waals surface area contributed by atoms with E-state index in [-0.39, 0.29) is 16.7 Å². The predicted octanol–water partition coefficient (Wildman–Crippen LogP) is 5.79. The fraction of sp³-hybridized carbons (Fsp3) is 0.696. The number of hydrogen-bond donors (Lipinski definition) is 1. The highest BCUT2D eigenvalue weighted by molar-refractivity contribution is 8.00. The molecule has 0 aromatic carbocycles. The molecule has 2 aromatic rings. The molecule has 2 aliphatic carbocycles. The summed E-state index contributed by atoms with van der Waals surface area (Å²) >= 11 is 3.24. The van der Waals surface area contributed by atoms with E-state index in [9.17, 15) is 4.79 Å². The third kappa shape index (κ3) is 4.33. The van der Waals surface area contributed by atoms with E-state index in [0.717, 1.165) is 34.1 Å². The van der Waals surface area contributed by atoms with Crippen LogP contribution in [0.4, 0.5) is 0 Å². The van der Waals surface area contributed by atoms with E-state index >= 15 is 0 Å². The van der Waals surface area contributed by atoms with Crippen molar-refractivity contribution < 1.29 is 4.79 Å². The van der Waals surface area contributed by atoms with Crippen molar-refractivity contribution in [1.29, 1.82) is 0 Å². The molecule has 2 bridgehead atoms. The van der Waals surface area contributed by atoms with Gasteiger partial charge in [0, 0.05) is 11.6 Å². The average Bonchev–Trinajstić information content (AvgIpc) is 3.50. The van der Waals surface area contributed by atoms with Crippen molar-refractivity contribution in [1.82, 2.24) is 20.1 Å². The second-order valence-corrected chi connectivity index (χ2v) is 12.0. The molecule has 164 valence electrons. The summed E-state index contributed by atoms with van der Waals surface area (Å²) < 4.78 is 2.33. The minimum atomic E-state index is -0.220. The van der Waals surface area contributed by atoms with Gasteiger partial charge in [-0.05, 0) is 82.6 Å². The molecule has 5 unspecified atom stereocenters. The SMILES string of the molecule is CCC(C)(C)NC(=O)C(C)Sc1nnc(-c2cccs2)n1C(C)C1CC2CCC1C2. The summed E-state index contributed by atoms with van der Waals surface area (Å²) in [6.07, 6.45) is 6.37. The number of thiophene rings is 1. The quantitative estimate of drug-likeness (QED) is 0.522. The molecule has 1 N–H and O–H groups in total. The highest BCUT2D eigenvalue weighted by atomic mass is 32.2. The van der Waals surface area contributed by atoms with Gasteiger partial charge < -0.3 is 5.32 Å². The Hall–Kier alpha value is -1.34. The molecule has 7 heteroatoms. The van der Waals surface area contributed by atoms with E-state index in [1.165, 1.54) is 37.4 Å². The Kier molecular flexibility index (Phi) is 6.31. The largest absolute Gasteiger partial charge is 0.350 e. The fourth-order valence-corrected chi connectivity index (χ4v) is 6.75. The number of carbonyl (C=O) groups excluding carboxylic acids is 1. The highest BCUT2D eigenvalue weighted by Crippen LogP contribution is 2.53. The normalized spacial score (nSPS) is 25.4. The molecule has 2 heterocycles. The van der Waals surface area contributed by atoms with Crippen LogP contribution in [-0.2, 0) is 4.79 Å². The lowest BCUT2D eigenvalue weighted by molar-refractivity contribution is -0.121. The number of hydrogen-bond acceptors (Lipinski definition) is 5. The van der Waals surface area contributed by atoms with E-state index in [0.29, 0.717) is 12.0 Å². The third-order valence-corrected chi connectivity index (χ3v) is 9.15. The van der Waals surface area contributed by atoms with Crippen LogP contribution < -0.4 is 5.32 Å². The van der Waals surface area contributed by atoms with Crippen molar-refractivity contribution in [2.45, 2.75) is 88.7 Å². The topological polar surface area (TPSA) is 59.8 Å². The van der Waals surface area contributed by atoms with Crippen LogP contribution in [0.25, 0.3) is 10.7 Å². The maximum atomic E-state index is 12.8. The van der Waals surface area contributed by atoms with Crippen LogP contribution >= 0.6 is 23.1 Å². The zero-order valence-corrected chi connectivity index (χ0v) is 20.4. The van der Waals surface area contributed by atoms with Gasteiger partial charge in [0.2, 0.25) is 5.91 Å². The molecule has 0 aliphatic heterocycles. The Morgan fingerprint density at radius 2 is 2.13 bits per heavy atom. The summed E-state index contributed by atoms with van der Waals surface area (Å²) in [5, 5.41) is 15.1. The predicted molar refractivity (Wildman–Crippen MR) is 125 cm³/mol. The van der Waals surface area contributed by atoms with Crippen molar-refractivity contribution >= 4 is 29.0 Å². The molecule has 2 saturated carbocycles. The van der Waals surface area contributed by atoms with E-state index in [2.05, 4.69) is 65.3 Å². The van der Waals surface area contributed by atoms with Crippen molar-refractivity contribution in [3.63, 3.8) is 0 Å². The van der Waals surface area contributed by atoms with Crippen LogP contribution in [0.5, 0.6) is 0 Å². The second kappa shape index (κ2) is 8.65. The van der Waals surface area contributed by atoms with Crippen LogP contribution in [0.15, 0.2) is 22.7 Å². The smallest absolute Gasteiger partial charge is 0.233 e. The molecule has 2 fully saturated rings. The monoisotopic (exact) mass is 446 g/mol. The molecule has 2 aliphatic rings. The summed E-state index contributed by atoms with van der Waals surface area (Å²) in [4.78, 5) is 14.0. The number of fused-ring (bicyclic) bond motifs is 2. The van der Waals surface area contributed by atoms with Crippen molar-refractivity contribution in [2.24, 2.45) is 17.8 Å². The van der Waals surface area contributed by atoms with Gasteiger partial charge in [-0.2, -0.15) is 0 Å². The van der Waals surface area contributed by atoms with Gasteiger partial charge in [-0.1, -0.05) is 31.2 Å². The summed E-state index contributed by atoms with van der Waals surface area (Å²) in [6, 6.07) is 4.53. The Morgan fingerprint density at radius 3 is 2.73 bits per heavy atom. The van der Waals surface area contributed by atoms with Crippen molar-refractivity contribution in [3.05, 3.63) is 17.5 Å². The minimum absolute atomic E-state index is 0.0617. The van der Waals surface area contributed by atoms with Crippen LogP contribution in [0.3, 0.4) is 0 Å². The van der Waals surface area contributed by atoms with Gasteiger partial charge in [0.25, 0.3) is 0 Å². The Labute approximate surface area is 188 Å². The number of nitrogens with one attached hydrogen (secondary N) is 1. The first-order valence-electron chi connectivity index (χ1n) is 11.3. The van der Waals surface area contributed by atoms with Gasteiger partial charge >= 0.3 is 0 Å². The maximum Gasteiger partial charge on any atom is 0.233 e. The van der Waals surface area contributed by atoms with Crippen molar-refractivity contribution in [2.75, 3.05) is 0 Å². The molecule has 30 heavy (non-hydrogen) atoms. The fourth-order valence-electron chi connectivity index (χ4n) is 5.11. The Bertz CT molecular complexity index is 876. The van der Waals surface area contributed by atoms with Gasteiger partial charge in [0.15, 0.2) is 11.0 Å². The zero-order valence-electron chi connectivity index (χ0n) is 18.7. The van der Waals surface area contributed by atoms with E-state index in [1.807, 2.05) is 6.92 Å². The lowest BCUT2D eigenvalue weighted by Gasteiger charge is -2.30. The Balaban J connectivity index is 1.59. The van der Waals surface area contributed by atoms with Gasteiger partial charge in [-0.25, -0.2) is 0 Å². The van der Waals surface area contributed by atoms with Crippen LogP contribution in [-0.4, -0.2) is 31.5 Å². The molecular formula is C23H34N4OS2. The van der Waals surface area contributed by atoms with Crippen LogP contribution in [0, 0.1) is 17.8 Å². The molecule has 5 atom stereocenters. The maximum absolute atomic E-state index is 12.8. The van der Waals surface area contributed by atoms with Gasteiger partial charge in [-0.3, -0.25) is 9.36 Å². The Morgan fingerprint density at radius 1 is 1.33 bits per heavy atom. The van der Waals surface area contributed by atoms with Crippen molar-refractivity contribution in [3.8, 4) is 10.7 Å². The minimum Gasteiger partial charge on any atom is -0.350 e. The highest BCUT2D eigenvalue weighted by Gasteiger charge is 2.43. The lowest BCUT2D eigenvalue weighted by atomic mass is 9.84. The molecule has 4 rings (SSSR count). The molecule has 0 spiro atoms. The number of thioether (sulfide) groups is 1. The number of carbonyl (C=O) groups is 1. The number of amides is 1. The number of nitrogens with zero attached hydrogens (tertiary/aromatic N) is 3. The van der Waals surface area contributed by atoms with Gasteiger partial charge in [-0.15, -0.1) is 21.5 Å². The summed E-state index contributed by atoms with van der Waals surface area (Å²) in [5.74, 6) is 3.42. The summed E-state index contributed by atoms with van der Waals surface area (Å²) in [5.41, 5.74) is -0.196. The molecule has 5 nitrogen and oxygen atoms in total. The zero-order chi connectivity index (χ0) is 21.5. The first kappa shape index (κ1) is 21.9.